The van der Waals surface area contributed by atoms with Crippen LogP contribution in [0.15, 0.2) is 10.1 Å². The molecule has 0 saturated carbocycles. The zero-order valence-electron chi connectivity index (χ0n) is 11.9. The van der Waals surface area contributed by atoms with E-state index in [1.807, 2.05) is 6.92 Å². The molecule has 0 aromatic heterocycles. The van der Waals surface area contributed by atoms with Crippen LogP contribution in [0.1, 0.15) is 25.0 Å². The third-order valence-corrected chi connectivity index (χ3v) is 3.45. The van der Waals surface area contributed by atoms with E-state index in [1.165, 1.54) is 0 Å². The van der Waals surface area contributed by atoms with Gasteiger partial charge in [0, 0.05) is 6.54 Å². The van der Waals surface area contributed by atoms with Crippen LogP contribution in [0.4, 0.5) is 4.39 Å². The minimum Gasteiger partial charge on any atom is -0.490 e. The predicted octanol–water partition coefficient (Wildman–Crippen LogP) is 2.69. The molecule has 7 heteroatoms. The number of hydrogen-bond acceptors (Lipinski definition) is 4. The summed E-state index contributed by atoms with van der Waals surface area (Å²) < 4.78 is 29.5. The number of halogens is 2. The third kappa shape index (κ3) is 2.88. The van der Waals surface area contributed by atoms with E-state index in [9.17, 15) is 9.18 Å². The fourth-order valence-electron chi connectivity index (χ4n) is 2.34. The van der Waals surface area contributed by atoms with Crippen LogP contribution in [-0.2, 0) is 11.3 Å². The number of hydrogen-bond donors (Lipinski definition) is 0. The summed E-state index contributed by atoms with van der Waals surface area (Å²) in [5.74, 6) is 0.333. The highest BCUT2D eigenvalue weighted by molar-refractivity contribution is 9.08. The normalized spacial score (nSPS) is 15.2. The number of nitrogens with zero attached hydrogens (tertiary/aromatic N) is 2. The molecule has 114 valence electrons. The third-order valence-electron chi connectivity index (χ3n) is 3.12. The summed E-state index contributed by atoms with van der Waals surface area (Å²) in [4.78, 5) is 12.4. The van der Waals surface area contributed by atoms with Crippen LogP contribution >= 0.6 is 16.1 Å². The Bertz CT molecular complexity index is 578. The molecule has 1 aliphatic rings. The molecule has 1 aromatic carbocycles. The fourth-order valence-corrected chi connectivity index (χ4v) is 2.74. The Morgan fingerprint density at radius 3 is 2.71 bits per heavy atom. The Labute approximate surface area is 131 Å². The van der Waals surface area contributed by atoms with Crippen LogP contribution in [0.2, 0.25) is 0 Å². The zero-order valence-corrected chi connectivity index (χ0v) is 13.4. The van der Waals surface area contributed by atoms with Gasteiger partial charge in [0.25, 0.3) is 0 Å². The number of benzene rings is 1. The molecule has 5 nitrogen and oxygen atoms in total. The van der Waals surface area contributed by atoms with E-state index in [0.717, 1.165) is 11.8 Å². The number of aldehydes is 1. The number of ether oxygens (including phenoxy) is 2. The van der Waals surface area contributed by atoms with Crippen molar-refractivity contribution in [1.82, 2.24) is 4.90 Å². The molecule has 0 saturated heterocycles. The van der Waals surface area contributed by atoms with Crippen molar-refractivity contribution in [3.63, 3.8) is 0 Å². The number of carbonyl (C=O) groups is 1. The molecule has 0 atom stereocenters. The summed E-state index contributed by atoms with van der Waals surface area (Å²) in [6.07, 6.45) is 0.759. The first-order valence-corrected chi connectivity index (χ1v) is 7.37. The molecule has 21 heavy (non-hydrogen) atoms. The molecule has 2 rings (SSSR count). The first-order chi connectivity index (χ1) is 10.2. The van der Waals surface area contributed by atoms with E-state index in [1.54, 1.807) is 17.9 Å². The van der Waals surface area contributed by atoms with E-state index in [2.05, 4.69) is 20.2 Å². The van der Waals surface area contributed by atoms with Crippen molar-refractivity contribution in [3.05, 3.63) is 23.0 Å². The van der Waals surface area contributed by atoms with Gasteiger partial charge in [0.15, 0.2) is 17.3 Å². The van der Waals surface area contributed by atoms with Crippen LogP contribution in [-0.4, -0.2) is 36.8 Å². The van der Waals surface area contributed by atoms with E-state index >= 15 is 0 Å². The molecule has 1 aliphatic heterocycles. The number of fused-ring (bicyclic) bond motifs is 1. The lowest BCUT2D eigenvalue weighted by atomic mass is 10.1. The van der Waals surface area contributed by atoms with Gasteiger partial charge in [0.05, 0.1) is 41.5 Å². The van der Waals surface area contributed by atoms with Crippen molar-refractivity contribution in [2.75, 3.05) is 19.8 Å². The maximum absolute atomic E-state index is 14.8. The Balaban J connectivity index is 2.55. The molecule has 0 aliphatic carbocycles. The lowest BCUT2D eigenvalue weighted by Gasteiger charge is -2.15. The van der Waals surface area contributed by atoms with Crippen molar-refractivity contribution >= 4 is 28.3 Å². The average molecular weight is 359 g/mol. The highest BCUT2D eigenvalue weighted by Gasteiger charge is 2.32. The van der Waals surface area contributed by atoms with Crippen LogP contribution in [0.3, 0.4) is 0 Å². The van der Waals surface area contributed by atoms with Crippen molar-refractivity contribution in [2.24, 2.45) is 4.02 Å². The Hall–Kier alpha value is -1.63. The molecular formula is C14H16BrFN2O3. The molecule has 0 N–H and O–H groups in total. The maximum atomic E-state index is 14.8. The largest absolute Gasteiger partial charge is 0.490 e. The van der Waals surface area contributed by atoms with Crippen LogP contribution in [0, 0.1) is 5.82 Å². The highest BCUT2D eigenvalue weighted by atomic mass is 79.9. The van der Waals surface area contributed by atoms with Crippen LogP contribution in [0.25, 0.3) is 0 Å². The average Bonchev–Trinajstić information content (AvgIpc) is 2.81. The van der Waals surface area contributed by atoms with Crippen molar-refractivity contribution in [1.29, 1.82) is 0 Å². The summed E-state index contributed by atoms with van der Waals surface area (Å²) in [6.45, 7) is 4.89. The van der Waals surface area contributed by atoms with Gasteiger partial charge in [-0.2, -0.15) is 4.02 Å². The van der Waals surface area contributed by atoms with Gasteiger partial charge in [0.1, 0.15) is 12.1 Å². The summed E-state index contributed by atoms with van der Waals surface area (Å²) in [5, 5.41) is 0. The summed E-state index contributed by atoms with van der Waals surface area (Å²) >= 11 is 3.00. The van der Waals surface area contributed by atoms with Gasteiger partial charge in [0.2, 0.25) is 0 Å². The van der Waals surface area contributed by atoms with Gasteiger partial charge in [-0.05, 0) is 25.5 Å². The van der Waals surface area contributed by atoms with Gasteiger partial charge in [-0.1, -0.05) is 0 Å². The van der Waals surface area contributed by atoms with Crippen molar-refractivity contribution in [3.8, 4) is 11.5 Å². The zero-order chi connectivity index (χ0) is 15.4. The second-order valence-corrected chi connectivity index (χ2v) is 4.73. The Morgan fingerprint density at radius 2 is 2.14 bits per heavy atom. The van der Waals surface area contributed by atoms with E-state index in [-0.39, 0.29) is 12.3 Å². The van der Waals surface area contributed by atoms with Gasteiger partial charge >= 0.3 is 0 Å². The Morgan fingerprint density at radius 1 is 1.43 bits per heavy atom. The number of amidine groups is 1. The molecule has 0 amide bonds. The molecule has 0 fully saturated rings. The van der Waals surface area contributed by atoms with Gasteiger partial charge in [-0.25, -0.2) is 4.39 Å². The van der Waals surface area contributed by atoms with E-state index < -0.39 is 5.82 Å². The van der Waals surface area contributed by atoms with Crippen molar-refractivity contribution < 1.29 is 18.7 Å². The van der Waals surface area contributed by atoms with Crippen molar-refractivity contribution in [2.45, 2.75) is 20.4 Å². The topological polar surface area (TPSA) is 51.1 Å². The summed E-state index contributed by atoms with van der Waals surface area (Å²) in [6, 6.07) is 1.75. The minimum atomic E-state index is -0.510. The molecule has 0 spiro atoms. The van der Waals surface area contributed by atoms with E-state index in [0.29, 0.717) is 36.9 Å². The summed E-state index contributed by atoms with van der Waals surface area (Å²) in [7, 11) is 0. The minimum absolute atomic E-state index is 0.0831. The molecule has 0 bridgehead atoms. The van der Waals surface area contributed by atoms with Crippen LogP contribution in [0.5, 0.6) is 11.5 Å². The monoisotopic (exact) mass is 358 g/mol. The standard InChI is InChI=1S/C14H16BrFN2O3/c1-3-20-10-7-9-8-18(5-6-19)14(17-15)11(9)12(16)13(10)21-4-2/h6-7H,3-5,8H2,1-2H3/b17-14-. The van der Waals surface area contributed by atoms with Gasteiger partial charge < -0.3 is 19.2 Å². The quantitative estimate of drug-likeness (QED) is 0.733. The highest BCUT2D eigenvalue weighted by Crippen LogP contribution is 2.39. The molecular weight excluding hydrogens is 343 g/mol. The fraction of sp³-hybridized carbons (Fsp3) is 0.429. The second-order valence-electron chi connectivity index (χ2n) is 4.37. The lowest BCUT2D eigenvalue weighted by molar-refractivity contribution is -0.108. The number of rotatable bonds is 6. The maximum Gasteiger partial charge on any atom is 0.197 e. The molecule has 1 aromatic rings. The molecule has 1 heterocycles. The Kier molecular flexibility index (Phi) is 5.17. The molecule has 0 radical (unpaired) electrons. The first-order valence-electron chi connectivity index (χ1n) is 6.66. The molecule has 0 unspecified atom stereocenters. The predicted molar refractivity (Wildman–Crippen MR) is 80.7 cm³/mol. The lowest BCUT2D eigenvalue weighted by Crippen LogP contribution is -2.26. The smallest absolute Gasteiger partial charge is 0.197 e. The van der Waals surface area contributed by atoms with E-state index in [4.69, 9.17) is 9.47 Å². The van der Waals surface area contributed by atoms with Crippen LogP contribution < -0.4 is 9.47 Å². The van der Waals surface area contributed by atoms with Gasteiger partial charge in [-0.3, -0.25) is 0 Å². The summed E-state index contributed by atoms with van der Waals surface area (Å²) in [5.41, 5.74) is 1.07. The number of carbonyl (C=O) groups excluding carboxylic acids is 1. The SMILES string of the molecule is CCOc1cc2c(c(F)c1OCC)/C(=N/Br)N(CC=O)C2. The van der Waals surface area contributed by atoms with Gasteiger partial charge in [-0.15, -0.1) is 0 Å². The first kappa shape index (κ1) is 15.8. The second kappa shape index (κ2) is 6.89.